The maximum absolute atomic E-state index is 11.5. The third kappa shape index (κ3) is 3.64. The van der Waals surface area contributed by atoms with Crippen LogP contribution < -0.4 is 5.73 Å². The van der Waals surface area contributed by atoms with Gasteiger partial charge in [-0.15, -0.1) is 0 Å². The molecule has 0 saturated carbocycles. The molecule has 1 aromatic rings. The van der Waals surface area contributed by atoms with Gasteiger partial charge < -0.3 is 5.73 Å². The van der Waals surface area contributed by atoms with E-state index < -0.39 is 21.4 Å². The summed E-state index contributed by atoms with van der Waals surface area (Å²) in [5.74, 6) is -0.915. The van der Waals surface area contributed by atoms with Crippen LogP contribution in [0.3, 0.4) is 0 Å². The number of nitrogen functional groups attached to an aromatic ring is 1. The normalized spacial score (nSPS) is 11.3. The van der Waals surface area contributed by atoms with Gasteiger partial charge in [-0.05, 0) is 34.1 Å². The lowest BCUT2D eigenvalue weighted by Gasteiger charge is -2.02. The van der Waals surface area contributed by atoms with Crippen molar-refractivity contribution in [3.8, 4) is 0 Å². The zero-order chi connectivity index (χ0) is 11.6. The van der Waals surface area contributed by atoms with Crippen molar-refractivity contribution in [3.05, 3.63) is 28.2 Å². The van der Waals surface area contributed by atoms with E-state index in [9.17, 15) is 13.2 Å². The summed E-state index contributed by atoms with van der Waals surface area (Å²) in [6, 6.07) is 4.58. The van der Waals surface area contributed by atoms with Crippen LogP contribution in [0, 0.1) is 0 Å². The minimum absolute atomic E-state index is 0.335. The molecule has 0 aromatic heterocycles. The van der Waals surface area contributed by atoms with Gasteiger partial charge in [0.05, 0.1) is 0 Å². The van der Waals surface area contributed by atoms with E-state index in [4.69, 9.17) is 5.73 Å². The molecule has 0 fully saturated rings. The van der Waals surface area contributed by atoms with Gasteiger partial charge in [0.1, 0.15) is 5.75 Å². The Morgan fingerprint density at radius 2 is 2.07 bits per heavy atom. The average molecular weight is 292 g/mol. The van der Waals surface area contributed by atoms with Crippen LogP contribution in [-0.4, -0.2) is 26.2 Å². The largest absolute Gasteiger partial charge is 0.398 e. The van der Waals surface area contributed by atoms with Crippen molar-refractivity contribution < 1.29 is 13.2 Å². The van der Waals surface area contributed by atoms with Crippen LogP contribution >= 0.6 is 15.9 Å². The molecule has 0 unspecified atom stereocenters. The standard InChI is InChI=1S/C9H10BrNO3S/c1-15(13,14)5-9(12)6-2-3-8(11)7(10)4-6/h2-4H,5,11H2,1H3. The molecule has 0 aliphatic heterocycles. The summed E-state index contributed by atoms with van der Waals surface area (Å²) in [7, 11) is -3.29. The van der Waals surface area contributed by atoms with E-state index in [0.717, 1.165) is 6.26 Å². The highest BCUT2D eigenvalue weighted by atomic mass is 79.9. The van der Waals surface area contributed by atoms with Gasteiger partial charge in [-0.1, -0.05) is 0 Å². The second-order valence-electron chi connectivity index (χ2n) is 3.23. The lowest BCUT2D eigenvalue weighted by atomic mass is 10.1. The molecule has 0 radical (unpaired) electrons. The molecule has 0 aliphatic carbocycles. The number of nitrogens with two attached hydrogens (primary N) is 1. The van der Waals surface area contributed by atoms with E-state index in [2.05, 4.69) is 15.9 Å². The molecular weight excluding hydrogens is 282 g/mol. The van der Waals surface area contributed by atoms with E-state index in [-0.39, 0.29) is 0 Å². The molecule has 0 amide bonds. The van der Waals surface area contributed by atoms with Gasteiger partial charge in [-0.2, -0.15) is 0 Å². The molecule has 2 N–H and O–H groups in total. The number of halogens is 1. The van der Waals surface area contributed by atoms with Crippen molar-refractivity contribution in [2.24, 2.45) is 0 Å². The molecule has 0 bridgehead atoms. The van der Waals surface area contributed by atoms with Gasteiger partial charge in [0.15, 0.2) is 15.6 Å². The van der Waals surface area contributed by atoms with Crippen LogP contribution in [0.5, 0.6) is 0 Å². The fraction of sp³-hybridized carbons (Fsp3) is 0.222. The average Bonchev–Trinajstić information content (AvgIpc) is 2.06. The number of sulfone groups is 1. The first-order valence-electron chi connectivity index (χ1n) is 4.05. The van der Waals surface area contributed by atoms with Gasteiger partial charge in [-0.3, -0.25) is 4.79 Å². The summed E-state index contributed by atoms with van der Waals surface area (Å²) in [5.41, 5.74) is 6.38. The van der Waals surface area contributed by atoms with Crippen molar-refractivity contribution in [3.63, 3.8) is 0 Å². The Kier molecular flexibility index (Phi) is 3.51. The van der Waals surface area contributed by atoms with Crippen LogP contribution in [0.1, 0.15) is 10.4 Å². The van der Waals surface area contributed by atoms with Crippen LogP contribution in [0.25, 0.3) is 0 Å². The molecule has 82 valence electrons. The van der Waals surface area contributed by atoms with Crippen LogP contribution in [0.4, 0.5) is 5.69 Å². The Morgan fingerprint density at radius 1 is 1.47 bits per heavy atom. The Labute approximate surface area is 96.5 Å². The maximum atomic E-state index is 11.5. The smallest absolute Gasteiger partial charge is 0.177 e. The number of hydrogen-bond donors (Lipinski definition) is 1. The molecule has 0 spiro atoms. The first-order valence-corrected chi connectivity index (χ1v) is 6.91. The maximum Gasteiger partial charge on any atom is 0.177 e. The quantitative estimate of drug-likeness (QED) is 0.672. The molecule has 15 heavy (non-hydrogen) atoms. The van der Waals surface area contributed by atoms with Gasteiger partial charge in [0.2, 0.25) is 0 Å². The fourth-order valence-electron chi connectivity index (χ4n) is 1.02. The van der Waals surface area contributed by atoms with Gasteiger partial charge in [-0.25, -0.2) is 8.42 Å². The first kappa shape index (κ1) is 12.2. The lowest BCUT2D eigenvalue weighted by molar-refractivity contribution is 0.102. The highest BCUT2D eigenvalue weighted by Crippen LogP contribution is 2.20. The summed E-state index contributed by atoms with van der Waals surface area (Å²) in [5, 5.41) is 0. The second-order valence-corrected chi connectivity index (χ2v) is 6.22. The van der Waals surface area contributed by atoms with Crippen LogP contribution in [0.2, 0.25) is 0 Å². The third-order valence-electron chi connectivity index (χ3n) is 1.72. The Bertz CT molecular complexity index is 496. The Morgan fingerprint density at radius 3 is 2.53 bits per heavy atom. The van der Waals surface area contributed by atoms with Gasteiger partial charge in [0, 0.05) is 22.0 Å². The first-order chi connectivity index (χ1) is 6.79. The minimum atomic E-state index is -3.29. The molecule has 4 nitrogen and oxygen atoms in total. The summed E-state index contributed by atoms with van der Waals surface area (Å²) in [4.78, 5) is 11.5. The van der Waals surface area contributed by atoms with Crippen molar-refractivity contribution in [2.75, 3.05) is 17.7 Å². The van der Waals surface area contributed by atoms with Crippen molar-refractivity contribution in [1.29, 1.82) is 0 Å². The summed E-state index contributed by atoms with van der Waals surface area (Å²) < 4.78 is 22.4. The SMILES string of the molecule is CS(=O)(=O)CC(=O)c1ccc(N)c(Br)c1. The summed E-state index contributed by atoms with van der Waals surface area (Å²) in [6.07, 6.45) is 1.03. The molecule has 6 heteroatoms. The number of Topliss-reactive ketones (excluding diaryl/α,β-unsaturated/α-hetero) is 1. The molecule has 0 heterocycles. The number of anilines is 1. The predicted octanol–water partition coefficient (Wildman–Crippen LogP) is 1.26. The highest BCUT2D eigenvalue weighted by Gasteiger charge is 2.13. The van der Waals surface area contributed by atoms with Crippen LogP contribution in [-0.2, 0) is 9.84 Å². The zero-order valence-corrected chi connectivity index (χ0v) is 10.4. The molecule has 0 atom stereocenters. The molecule has 1 aromatic carbocycles. The topological polar surface area (TPSA) is 77.2 Å². The molecular formula is C9H10BrNO3S. The monoisotopic (exact) mass is 291 g/mol. The number of carbonyl (C=O) groups is 1. The van der Waals surface area contributed by atoms with E-state index >= 15 is 0 Å². The van der Waals surface area contributed by atoms with Crippen molar-refractivity contribution >= 4 is 37.2 Å². The number of carbonyl (C=O) groups excluding carboxylic acids is 1. The highest BCUT2D eigenvalue weighted by molar-refractivity contribution is 9.10. The summed E-state index contributed by atoms with van der Waals surface area (Å²) in [6.45, 7) is 0. The zero-order valence-electron chi connectivity index (χ0n) is 8.03. The van der Waals surface area contributed by atoms with Crippen molar-refractivity contribution in [1.82, 2.24) is 0 Å². The molecule has 0 aliphatic rings. The number of rotatable bonds is 3. The Balaban J connectivity index is 2.98. The molecule has 0 saturated heterocycles. The van der Waals surface area contributed by atoms with Crippen LogP contribution in [0.15, 0.2) is 22.7 Å². The third-order valence-corrected chi connectivity index (χ3v) is 3.19. The Hall–Kier alpha value is -0.880. The van der Waals surface area contributed by atoms with Crippen molar-refractivity contribution in [2.45, 2.75) is 0 Å². The summed E-state index contributed by atoms with van der Waals surface area (Å²) >= 11 is 3.17. The van der Waals surface area contributed by atoms with E-state index in [1.54, 1.807) is 6.07 Å². The molecule has 1 rings (SSSR count). The van der Waals surface area contributed by atoms with E-state index in [1.165, 1.54) is 12.1 Å². The number of ketones is 1. The predicted molar refractivity (Wildman–Crippen MR) is 62.6 cm³/mol. The van der Waals surface area contributed by atoms with Gasteiger partial charge >= 0.3 is 0 Å². The number of benzene rings is 1. The second kappa shape index (κ2) is 4.32. The van der Waals surface area contributed by atoms with Gasteiger partial charge in [0.25, 0.3) is 0 Å². The lowest BCUT2D eigenvalue weighted by Crippen LogP contribution is -2.14. The van der Waals surface area contributed by atoms with E-state index in [0.29, 0.717) is 15.7 Å². The van der Waals surface area contributed by atoms with E-state index in [1.807, 2.05) is 0 Å². The minimum Gasteiger partial charge on any atom is -0.398 e. The number of hydrogen-bond acceptors (Lipinski definition) is 4. The fourth-order valence-corrected chi connectivity index (χ4v) is 2.04.